The normalized spacial score (nSPS) is 10.2. The van der Waals surface area contributed by atoms with E-state index in [4.69, 9.17) is 16.7 Å². The second-order valence-electron chi connectivity index (χ2n) is 5.00. The first kappa shape index (κ1) is 17.5. The van der Waals surface area contributed by atoms with Crippen LogP contribution < -0.4 is 0 Å². The Bertz CT molecular complexity index is 547. The zero-order chi connectivity index (χ0) is 15.8. The summed E-state index contributed by atoms with van der Waals surface area (Å²) < 4.78 is 0. The van der Waals surface area contributed by atoms with E-state index >= 15 is 0 Å². The zero-order valence-corrected chi connectivity index (χ0v) is 13.4. The summed E-state index contributed by atoms with van der Waals surface area (Å²) >= 11 is 6.14. The third kappa shape index (κ3) is 5.76. The molecule has 0 unspecified atom stereocenters. The lowest BCUT2D eigenvalue weighted by molar-refractivity contribution is 0.0786. The molecule has 0 radical (unpaired) electrons. The van der Waals surface area contributed by atoms with Gasteiger partial charge in [0.25, 0.3) is 5.91 Å². The van der Waals surface area contributed by atoms with E-state index in [9.17, 15) is 4.79 Å². The Morgan fingerprint density at radius 1 is 1.29 bits per heavy atom. The zero-order valence-electron chi connectivity index (χ0n) is 12.7. The third-order valence-corrected chi connectivity index (χ3v) is 3.22. The molecule has 1 aromatic carbocycles. The van der Waals surface area contributed by atoms with Gasteiger partial charge in [0.15, 0.2) is 0 Å². The summed E-state index contributed by atoms with van der Waals surface area (Å²) in [6.45, 7) is 1.49. The molecule has 0 heterocycles. The Balaban J connectivity index is 2.79. The number of rotatable bonds is 5. The van der Waals surface area contributed by atoms with Gasteiger partial charge in [-0.2, -0.15) is 0 Å². The van der Waals surface area contributed by atoms with E-state index in [-0.39, 0.29) is 12.5 Å². The number of halogens is 1. The standard InChI is InChI=1S/C16H21ClN2O2/c1-18(2)9-10-19(3)16(21)14-8-7-13(15(17)12-14)6-4-5-11-20/h7-8,12,20H,5,9-11H2,1-3H3. The van der Waals surface area contributed by atoms with Crippen molar-refractivity contribution in [2.24, 2.45) is 0 Å². The lowest BCUT2D eigenvalue weighted by atomic mass is 10.1. The fourth-order valence-corrected chi connectivity index (χ4v) is 1.86. The second kappa shape index (κ2) is 8.68. The van der Waals surface area contributed by atoms with E-state index in [0.29, 0.717) is 29.1 Å². The third-order valence-electron chi connectivity index (χ3n) is 2.91. The number of likely N-dealkylation sites (N-methyl/N-ethyl adjacent to an activating group) is 2. The van der Waals surface area contributed by atoms with Crippen LogP contribution in [0, 0.1) is 11.8 Å². The molecular weight excluding hydrogens is 288 g/mol. The van der Waals surface area contributed by atoms with Crippen LogP contribution in [0.2, 0.25) is 5.02 Å². The highest BCUT2D eigenvalue weighted by atomic mass is 35.5. The van der Waals surface area contributed by atoms with Gasteiger partial charge in [-0.25, -0.2) is 0 Å². The van der Waals surface area contributed by atoms with Crippen LogP contribution in [0.25, 0.3) is 0 Å². The largest absolute Gasteiger partial charge is 0.395 e. The SMILES string of the molecule is CN(C)CCN(C)C(=O)c1ccc(C#CCCO)c(Cl)c1. The number of carbonyl (C=O) groups excluding carboxylic acids is 1. The minimum atomic E-state index is -0.0615. The average Bonchev–Trinajstić information content (AvgIpc) is 2.45. The first-order chi connectivity index (χ1) is 9.95. The van der Waals surface area contributed by atoms with E-state index < -0.39 is 0 Å². The summed E-state index contributed by atoms with van der Waals surface area (Å²) in [5.41, 5.74) is 1.21. The molecule has 21 heavy (non-hydrogen) atoms. The van der Waals surface area contributed by atoms with Crippen LogP contribution in [-0.4, -0.2) is 61.7 Å². The number of benzene rings is 1. The van der Waals surface area contributed by atoms with E-state index in [1.54, 1.807) is 30.1 Å². The Morgan fingerprint density at radius 3 is 2.57 bits per heavy atom. The summed E-state index contributed by atoms with van der Waals surface area (Å²) in [5.74, 6) is 5.63. The Kier molecular flexibility index (Phi) is 7.24. The smallest absolute Gasteiger partial charge is 0.253 e. The second-order valence-corrected chi connectivity index (χ2v) is 5.41. The molecule has 4 nitrogen and oxygen atoms in total. The summed E-state index contributed by atoms with van der Waals surface area (Å²) in [6.07, 6.45) is 0.407. The highest BCUT2D eigenvalue weighted by Crippen LogP contribution is 2.18. The maximum Gasteiger partial charge on any atom is 0.253 e. The molecule has 0 aliphatic heterocycles. The van der Waals surface area contributed by atoms with Gasteiger partial charge in [-0.3, -0.25) is 4.79 Å². The quantitative estimate of drug-likeness (QED) is 0.842. The van der Waals surface area contributed by atoms with Crippen LogP contribution in [0.15, 0.2) is 18.2 Å². The van der Waals surface area contributed by atoms with Crippen molar-refractivity contribution in [2.75, 3.05) is 40.8 Å². The van der Waals surface area contributed by atoms with E-state index in [0.717, 1.165) is 6.54 Å². The van der Waals surface area contributed by atoms with Gasteiger partial charge < -0.3 is 14.9 Å². The number of aliphatic hydroxyl groups is 1. The van der Waals surface area contributed by atoms with Crippen LogP contribution in [0.4, 0.5) is 0 Å². The fraction of sp³-hybridized carbons (Fsp3) is 0.438. The van der Waals surface area contributed by atoms with Gasteiger partial charge in [0.1, 0.15) is 0 Å². The van der Waals surface area contributed by atoms with Gasteiger partial charge in [-0.15, -0.1) is 0 Å². The summed E-state index contributed by atoms with van der Waals surface area (Å²) in [6, 6.07) is 5.10. The van der Waals surface area contributed by atoms with E-state index in [1.165, 1.54) is 0 Å². The Labute approximate surface area is 131 Å². The topological polar surface area (TPSA) is 43.8 Å². The van der Waals surface area contributed by atoms with Crippen molar-refractivity contribution in [1.82, 2.24) is 9.80 Å². The van der Waals surface area contributed by atoms with Crippen molar-refractivity contribution in [2.45, 2.75) is 6.42 Å². The number of carbonyl (C=O) groups is 1. The minimum Gasteiger partial charge on any atom is -0.395 e. The van der Waals surface area contributed by atoms with Gasteiger partial charge in [0.05, 0.1) is 11.6 Å². The lowest BCUT2D eigenvalue weighted by Crippen LogP contribution is -2.33. The predicted molar refractivity (Wildman–Crippen MR) is 85.5 cm³/mol. The van der Waals surface area contributed by atoms with Gasteiger partial charge in [0.2, 0.25) is 0 Å². The van der Waals surface area contributed by atoms with Crippen molar-refractivity contribution in [1.29, 1.82) is 0 Å². The summed E-state index contributed by atoms with van der Waals surface area (Å²) in [7, 11) is 5.71. The first-order valence-electron chi connectivity index (χ1n) is 6.75. The molecule has 0 spiro atoms. The molecule has 0 aromatic heterocycles. The van der Waals surface area contributed by atoms with Crippen molar-refractivity contribution in [3.8, 4) is 11.8 Å². The lowest BCUT2D eigenvalue weighted by Gasteiger charge is -2.19. The highest BCUT2D eigenvalue weighted by Gasteiger charge is 2.13. The molecule has 0 bridgehead atoms. The predicted octanol–water partition coefficient (Wildman–Crippen LogP) is 1.71. The molecule has 5 heteroatoms. The van der Waals surface area contributed by atoms with Crippen LogP contribution in [0.3, 0.4) is 0 Å². The van der Waals surface area contributed by atoms with Crippen LogP contribution in [0.5, 0.6) is 0 Å². The highest BCUT2D eigenvalue weighted by molar-refractivity contribution is 6.32. The number of aliphatic hydroxyl groups excluding tert-OH is 1. The van der Waals surface area contributed by atoms with Crippen molar-refractivity contribution < 1.29 is 9.90 Å². The van der Waals surface area contributed by atoms with Crippen molar-refractivity contribution in [3.05, 3.63) is 34.3 Å². The van der Waals surface area contributed by atoms with E-state index in [2.05, 4.69) is 11.8 Å². The van der Waals surface area contributed by atoms with E-state index in [1.807, 2.05) is 19.0 Å². The fourth-order valence-electron chi connectivity index (χ4n) is 1.64. The molecule has 1 rings (SSSR count). The number of nitrogens with zero attached hydrogens (tertiary/aromatic N) is 2. The maximum atomic E-state index is 12.3. The number of hydrogen-bond acceptors (Lipinski definition) is 3. The molecule has 0 aliphatic rings. The molecule has 0 saturated carbocycles. The average molecular weight is 309 g/mol. The van der Waals surface area contributed by atoms with Crippen LogP contribution in [0.1, 0.15) is 22.3 Å². The van der Waals surface area contributed by atoms with Gasteiger partial charge in [-0.05, 0) is 32.3 Å². The molecular formula is C16H21ClN2O2. The summed E-state index contributed by atoms with van der Waals surface area (Å²) in [4.78, 5) is 16.0. The first-order valence-corrected chi connectivity index (χ1v) is 7.13. The molecule has 0 atom stereocenters. The molecule has 0 saturated heterocycles. The minimum absolute atomic E-state index is 0.0257. The molecule has 0 fully saturated rings. The summed E-state index contributed by atoms with van der Waals surface area (Å²) in [5, 5.41) is 9.14. The molecule has 1 amide bonds. The Morgan fingerprint density at radius 2 is 2.00 bits per heavy atom. The molecule has 114 valence electrons. The van der Waals surface area contributed by atoms with Gasteiger partial charge in [-0.1, -0.05) is 23.4 Å². The van der Waals surface area contributed by atoms with Gasteiger partial charge in [0, 0.05) is 37.7 Å². The van der Waals surface area contributed by atoms with Gasteiger partial charge >= 0.3 is 0 Å². The van der Waals surface area contributed by atoms with Crippen molar-refractivity contribution >= 4 is 17.5 Å². The molecule has 1 N–H and O–H groups in total. The van der Waals surface area contributed by atoms with Crippen molar-refractivity contribution in [3.63, 3.8) is 0 Å². The molecule has 1 aromatic rings. The van der Waals surface area contributed by atoms with Crippen LogP contribution >= 0.6 is 11.6 Å². The molecule has 0 aliphatic carbocycles. The Hall–Kier alpha value is -1.54. The number of amides is 1. The van der Waals surface area contributed by atoms with Crippen LogP contribution in [-0.2, 0) is 0 Å². The monoisotopic (exact) mass is 308 g/mol. The number of hydrogen-bond donors (Lipinski definition) is 1. The maximum absolute atomic E-state index is 12.3.